The summed E-state index contributed by atoms with van der Waals surface area (Å²) < 4.78 is 1.47. The van der Waals surface area contributed by atoms with Crippen molar-refractivity contribution in [2.24, 2.45) is 15.4 Å². The molecule has 1 aromatic heterocycles. The van der Waals surface area contributed by atoms with Crippen molar-refractivity contribution in [3.05, 3.63) is 77.1 Å². The number of nitroso groups, excluding NO2 is 1. The maximum Gasteiger partial charge on any atom is 0.318 e. The lowest BCUT2D eigenvalue weighted by Gasteiger charge is -2.14. The molecule has 0 spiro atoms. The first-order valence-electron chi connectivity index (χ1n) is 6.61. The first-order chi connectivity index (χ1) is 12.0. The summed E-state index contributed by atoms with van der Waals surface area (Å²) in [6, 6.07) is 5.96. The molecule has 0 unspecified atom stereocenters. The number of halogens is 2. The maximum atomic E-state index is 11.8. The topological polar surface area (TPSA) is 149 Å². The van der Waals surface area contributed by atoms with Gasteiger partial charge in [-0.05, 0) is 35.3 Å². The normalized spacial score (nSPS) is 9.84. The zero-order chi connectivity index (χ0) is 18.4. The molecule has 1 amide bonds. The van der Waals surface area contributed by atoms with Gasteiger partial charge in [-0.2, -0.15) is 0 Å². The van der Waals surface area contributed by atoms with Crippen LogP contribution in [0, 0.1) is 4.91 Å². The molecule has 25 heavy (non-hydrogen) atoms. The van der Waals surface area contributed by atoms with Crippen LogP contribution in [0.1, 0.15) is 21.7 Å². The minimum Gasteiger partial charge on any atom is -0.315 e. The summed E-state index contributed by atoms with van der Waals surface area (Å²) in [5.41, 5.74) is 18.0. The Bertz CT molecular complexity index is 942. The number of nitrogens with zero attached hydrogens (tertiary/aromatic N) is 8. The molecule has 0 bridgehead atoms. The average molecular weight is 379 g/mol. The Morgan fingerprint density at radius 3 is 2.40 bits per heavy atom. The SMILES string of the molecule is [N-]=[N+]=NCc1cc(C(=O)N=O)c(CN=[N+]=[N-])n1-c1ccc(Cl)cc1Cl. The summed E-state index contributed by atoms with van der Waals surface area (Å²) in [5, 5.41) is 9.93. The summed E-state index contributed by atoms with van der Waals surface area (Å²) in [5.74, 6) is -1.05. The molecule has 0 aliphatic heterocycles. The minimum atomic E-state index is -1.05. The molecule has 1 heterocycles. The molecule has 0 radical (unpaired) electrons. The van der Waals surface area contributed by atoms with E-state index in [1.54, 1.807) is 12.1 Å². The Hall–Kier alpha value is -3.03. The Labute approximate surface area is 150 Å². The van der Waals surface area contributed by atoms with E-state index in [4.69, 9.17) is 34.3 Å². The van der Waals surface area contributed by atoms with E-state index >= 15 is 0 Å². The van der Waals surface area contributed by atoms with Crippen molar-refractivity contribution in [2.45, 2.75) is 13.1 Å². The quantitative estimate of drug-likeness (QED) is 0.289. The predicted molar refractivity (Wildman–Crippen MR) is 91.6 cm³/mol. The number of benzene rings is 1. The first kappa shape index (κ1) is 18.3. The number of carbonyl (C=O) groups excluding carboxylic acids is 1. The van der Waals surface area contributed by atoms with Crippen LogP contribution in [0.5, 0.6) is 0 Å². The average Bonchev–Trinajstić information content (AvgIpc) is 2.95. The van der Waals surface area contributed by atoms with Crippen LogP contribution in [0.4, 0.5) is 0 Å². The second-order valence-corrected chi connectivity index (χ2v) is 5.45. The number of amides is 1. The summed E-state index contributed by atoms with van der Waals surface area (Å²) in [6.07, 6.45) is 0. The largest absolute Gasteiger partial charge is 0.318 e. The fraction of sp³-hybridized carbons (Fsp3) is 0.154. The van der Waals surface area contributed by atoms with E-state index in [1.807, 2.05) is 0 Å². The van der Waals surface area contributed by atoms with Crippen molar-refractivity contribution in [2.75, 3.05) is 0 Å². The number of aromatic nitrogens is 1. The van der Waals surface area contributed by atoms with Crippen LogP contribution in [0.25, 0.3) is 26.6 Å². The number of hydrogen-bond acceptors (Lipinski definition) is 4. The maximum absolute atomic E-state index is 11.8. The predicted octanol–water partition coefficient (Wildman–Crippen LogP) is 5.31. The third kappa shape index (κ3) is 3.90. The monoisotopic (exact) mass is 378 g/mol. The second-order valence-electron chi connectivity index (χ2n) is 4.60. The Balaban J connectivity index is 2.81. The molecule has 10 nitrogen and oxygen atoms in total. The Morgan fingerprint density at radius 2 is 1.80 bits per heavy atom. The van der Waals surface area contributed by atoms with Gasteiger partial charge in [-0.25, -0.2) is 0 Å². The summed E-state index contributed by atoms with van der Waals surface area (Å²) >= 11 is 12.1. The fourth-order valence-corrected chi connectivity index (χ4v) is 2.77. The molecule has 0 saturated heterocycles. The molecule has 12 heteroatoms. The Kier molecular flexibility index (Phi) is 5.99. The van der Waals surface area contributed by atoms with Gasteiger partial charge in [0.05, 0.1) is 29.4 Å². The zero-order valence-corrected chi connectivity index (χ0v) is 13.9. The molecule has 0 atom stereocenters. The first-order valence-corrected chi connectivity index (χ1v) is 7.37. The van der Waals surface area contributed by atoms with E-state index in [0.717, 1.165) is 0 Å². The van der Waals surface area contributed by atoms with Crippen LogP contribution < -0.4 is 0 Å². The highest BCUT2D eigenvalue weighted by Gasteiger charge is 2.22. The van der Waals surface area contributed by atoms with Gasteiger partial charge in [0.15, 0.2) is 0 Å². The minimum absolute atomic E-state index is 0.0726. The summed E-state index contributed by atoms with van der Waals surface area (Å²) in [4.78, 5) is 27.8. The van der Waals surface area contributed by atoms with Crippen LogP contribution in [0.15, 0.2) is 39.7 Å². The van der Waals surface area contributed by atoms with Gasteiger partial charge in [-0.15, -0.1) is 4.91 Å². The number of carbonyl (C=O) groups is 1. The Morgan fingerprint density at radius 1 is 1.12 bits per heavy atom. The second kappa shape index (κ2) is 8.18. The molecule has 0 fully saturated rings. The van der Waals surface area contributed by atoms with E-state index in [1.165, 1.54) is 16.7 Å². The lowest BCUT2D eigenvalue weighted by molar-refractivity contribution is 0.1000. The standard InChI is InChI=1S/C13H8Cl2N8O2/c14-7-1-2-11(10(15)3-7)23-8(5-18-21-16)4-9(13(24)20-25)12(23)6-19-22-17/h1-4H,5-6H2. The molecule has 2 rings (SSSR count). The number of azide groups is 2. The molecular weight excluding hydrogens is 371 g/mol. The number of rotatable bonds is 6. The zero-order valence-electron chi connectivity index (χ0n) is 12.4. The molecule has 0 aliphatic carbocycles. The van der Waals surface area contributed by atoms with Crippen LogP contribution in [-0.4, -0.2) is 10.5 Å². The van der Waals surface area contributed by atoms with Crippen molar-refractivity contribution < 1.29 is 4.79 Å². The van der Waals surface area contributed by atoms with E-state index in [2.05, 4.69) is 25.2 Å². The van der Waals surface area contributed by atoms with Crippen LogP contribution in [-0.2, 0) is 13.1 Å². The molecule has 0 N–H and O–H groups in total. The summed E-state index contributed by atoms with van der Waals surface area (Å²) in [7, 11) is 0. The van der Waals surface area contributed by atoms with Gasteiger partial charge in [0.2, 0.25) is 0 Å². The van der Waals surface area contributed by atoms with Gasteiger partial charge >= 0.3 is 5.91 Å². The van der Waals surface area contributed by atoms with Gasteiger partial charge in [-0.3, -0.25) is 4.79 Å². The van der Waals surface area contributed by atoms with Crippen LogP contribution in [0.3, 0.4) is 0 Å². The highest BCUT2D eigenvalue weighted by atomic mass is 35.5. The van der Waals surface area contributed by atoms with Gasteiger partial charge in [0.25, 0.3) is 0 Å². The third-order valence-electron chi connectivity index (χ3n) is 3.22. The third-order valence-corrected chi connectivity index (χ3v) is 3.76. The number of hydrogen-bond donors (Lipinski definition) is 0. The van der Waals surface area contributed by atoms with E-state index in [-0.39, 0.29) is 29.4 Å². The van der Waals surface area contributed by atoms with E-state index in [9.17, 15) is 9.70 Å². The molecule has 2 aromatic rings. The van der Waals surface area contributed by atoms with Crippen molar-refractivity contribution >= 4 is 29.1 Å². The molecule has 0 saturated carbocycles. The lowest BCUT2D eigenvalue weighted by atomic mass is 10.2. The van der Waals surface area contributed by atoms with Gasteiger partial charge < -0.3 is 4.57 Å². The molecule has 0 aliphatic rings. The molecular formula is C13H8Cl2N8O2. The van der Waals surface area contributed by atoms with Crippen molar-refractivity contribution in [1.82, 2.24) is 4.57 Å². The van der Waals surface area contributed by atoms with Gasteiger partial charge in [-0.1, -0.05) is 33.4 Å². The highest BCUT2D eigenvalue weighted by Crippen LogP contribution is 2.30. The lowest BCUT2D eigenvalue weighted by Crippen LogP contribution is -2.07. The van der Waals surface area contributed by atoms with Crippen molar-refractivity contribution in [1.29, 1.82) is 0 Å². The smallest absolute Gasteiger partial charge is 0.315 e. The van der Waals surface area contributed by atoms with Crippen molar-refractivity contribution in [3.8, 4) is 5.69 Å². The highest BCUT2D eigenvalue weighted by molar-refractivity contribution is 6.35. The van der Waals surface area contributed by atoms with Crippen LogP contribution >= 0.6 is 23.2 Å². The van der Waals surface area contributed by atoms with E-state index in [0.29, 0.717) is 16.4 Å². The van der Waals surface area contributed by atoms with Crippen molar-refractivity contribution in [3.63, 3.8) is 0 Å². The molecule has 1 aromatic carbocycles. The fourth-order valence-electron chi connectivity index (χ4n) is 2.28. The molecule has 126 valence electrons. The van der Waals surface area contributed by atoms with E-state index < -0.39 is 5.91 Å². The van der Waals surface area contributed by atoms with Gasteiger partial charge in [0.1, 0.15) is 0 Å². The summed E-state index contributed by atoms with van der Waals surface area (Å²) in [6.45, 7) is -0.382. The van der Waals surface area contributed by atoms with Gasteiger partial charge in [0, 0.05) is 31.4 Å². The van der Waals surface area contributed by atoms with Crippen LogP contribution in [0.2, 0.25) is 10.0 Å².